The minimum absolute atomic E-state index is 0.0695. The van der Waals surface area contributed by atoms with Crippen LogP contribution in [0.15, 0.2) is 102 Å². The molecule has 0 spiro atoms. The second-order valence-corrected chi connectivity index (χ2v) is 10.3. The largest absolute Gasteiger partial charge is 0.445 e. The van der Waals surface area contributed by atoms with Gasteiger partial charge in [-0.3, -0.25) is 4.79 Å². The fourth-order valence-electron chi connectivity index (χ4n) is 3.52. The molecule has 7 nitrogen and oxygen atoms in total. The molecule has 2 amide bonds. The van der Waals surface area contributed by atoms with E-state index in [0.717, 1.165) is 28.4 Å². The maximum Gasteiger partial charge on any atom is 0.408 e. The average Bonchev–Trinajstić information content (AvgIpc) is 2.87. The van der Waals surface area contributed by atoms with Crippen molar-refractivity contribution in [3.63, 3.8) is 0 Å². The van der Waals surface area contributed by atoms with Crippen LogP contribution in [0.2, 0.25) is 0 Å². The van der Waals surface area contributed by atoms with E-state index >= 15 is 0 Å². The quantitative estimate of drug-likeness (QED) is 0.412. The highest BCUT2D eigenvalue weighted by Gasteiger charge is 2.24. The van der Waals surface area contributed by atoms with Crippen LogP contribution in [0, 0.1) is 0 Å². The van der Waals surface area contributed by atoms with E-state index < -0.39 is 33.9 Å². The van der Waals surface area contributed by atoms with E-state index in [2.05, 4.69) is 10.6 Å². The molecule has 0 saturated heterocycles. The van der Waals surface area contributed by atoms with Gasteiger partial charge in [0.15, 0.2) is 9.84 Å². The Balaban J connectivity index is 1.74. The van der Waals surface area contributed by atoms with E-state index in [9.17, 15) is 18.0 Å². The summed E-state index contributed by atoms with van der Waals surface area (Å²) in [6.07, 6.45) is 2.44. The first-order valence-electron chi connectivity index (χ1n) is 11.5. The highest BCUT2D eigenvalue weighted by molar-refractivity contribution is 7.93. The summed E-state index contributed by atoms with van der Waals surface area (Å²) >= 11 is 0. The molecule has 0 saturated carbocycles. The third-order valence-corrected chi connectivity index (χ3v) is 5.94. The Morgan fingerprint density at radius 2 is 1.28 bits per heavy atom. The molecule has 36 heavy (non-hydrogen) atoms. The van der Waals surface area contributed by atoms with Crippen molar-refractivity contribution in [3.8, 4) is 0 Å². The molecule has 0 aromatic heterocycles. The lowest BCUT2D eigenvalue weighted by Crippen LogP contribution is -2.51. The van der Waals surface area contributed by atoms with E-state index in [-0.39, 0.29) is 13.0 Å². The molecule has 3 aromatic carbocycles. The van der Waals surface area contributed by atoms with E-state index in [1.807, 2.05) is 91.0 Å². The fraction of sp³-hybridized carbons (Fsp3) is 0.214. The van der Waals surface area contributed by atoms with Gasteiger partial charge in [0.05, 0.1) is 6.04 Å². The predicted molar refractivity (Wildman–Crippen MR) is 140 cm³/mol. The SMILES string of the molecule is CS(=O)(=O)/C=C/C(Cc1ccccc1)NC(=O)C(Cc1ccccc1)NC(=O)OCc1ccccc1. The molecule has 0 aliphatic carbocycles. The molecule has 0 radical (unpaired) electrons. The number of benzene rings is 3. The van der Waals surface area contributed by atoms with Crippen molar-refractivity contribution in [1.82, 2.24) is 10.6 Å². The molecule has 0 aliphatic rings. The van der Waals surface area contributed by atoms with Crippen LogP contribution in [0.1, 0.15) is 16.7 Å². The van der Waals surface area contributed by atoms with Crippen molar-refractivity contribution in [2.75, 3.05) is 6.26 Å². The minimum Gasteiger partial charge on any atom is -0.445 e. The van der Waals surface area contributed by atoms with Crippen molar-refractivity contribution in [2.45, 2.75) is 31.5 Å². The lowest BCUT2D eigenvalue weighted by molar-refractivity contribution is -0.123. The van der Waals surface area contributed by atoms with E-state index in [0.29, 0.717) is 6.42 Å². The van der Waals surface area contributed by atoms with Crippen LogP contribution in [0.5, 0.6) is 0 Å². The molecule has 2 unspecified atom stereocenters. The van der Waals surface area contributed by atoms with Crippen molar-refractivity contribution in [3.05, 3.63) is 119 Å². The zero-order chi connectivity index (χ0) is 25.8. The Kier molecular flexibility index (Phi) is 9.82. The molecule has 188 valence electrons. The molecule has 3 rings (SSSR count). The normalized spacial score (nSPS) is 13.0. The Morgan fingerprint density at radius 3 is 1.81 bits per heavy atom. The topological polar surface area (TPSA) is 102 Å². The number of rotatable bonds is 11. The summed E-state index contributed by atoms with van der Waals surface area (Å²) in [7, 11) is -3.39. The molecule has 3 aromatic rings. The van der Waals surface area contributed by atoms with Crippen molar-refractivity contribution < 1.29 is 22.7 Å². The lowest BCUT2D eigenvalue weighted by atomic mass is 10.0. The summed E-state index contributed by atoms with van der Waals surface area (Å²) in [5.41, 5.74) is 2.61. The monoisotopic (exact) mass is 506 g/mol. The van der Waals surface area contributed by atoms with Crippen LogP contribution < -0.4 is 10.6 Å². The summed E-state index contributed by atoms with van der Waals surface area (Å²) < 4.78 is 28.7. The maximum absolute atomic E-state index is 13.3. The van der Waals surface area contributed by atoms with E-state index in [4.69, 9.17) is 4.74 Å². The van der Waals surface area contributed by atoms with E-state index in [1.54, 1.807) is 0 Å². The van der Waals surface area contributed by atoms with Crippen molar-refractivity contribution >= 4 is 21.8 Å². The average molecular weight is 507 g/mol. The van der Waals surface area contributed by atoms with Gasteiger partial charge in [0.1, 0.15) is 12.6 Å². The van der Waals surface area contributed by atoms with Crippen LogP contribution in [-0.2, 0) is 38.8 Å². The lowest BCUT2D eigenvalue weighted by Gasteiger charge is -2.22. The number of sulfone groups is 1. The third-order valence-electron chi connectivity index (χ3n) is 5.29. The van der Waals surface area contributed by atoms with Crippen LogP contribution in [0.4, 0.5) is 4.79 Å². The summed E-state index contributed by atoms with van der Waals surface area (Å²) in [5.74, 6) is -0.449. The van der Waals surface area contributed by atoms with Gasteiger partial charge in [-0.1, -0.05) is 97.1 Å². The van der Waals surface area contributed by atoms with Gasteiger partial charge >= 0.3 is 6.09 Å². The number of hydrogen-bond acceptors (Lipinski definition) is 5. The maximum atomic E-state index is 13.3. The fourth-order valence-corrected chi connectivity index (χ4v) is 4.00. The molecule has 0 fully saturated rings. The summed E-state index contributed by atoms with van der Waals surface area (Å²) in [4.78, 5) is 25.9. The summed E-state index contributed by atoms with van der Waals surface area (Å²) in [6.45, 7) is 0.0695. The molecule has 0 bridgehead atoms. The van der Waals surface area contributed by atoms with Gasteiger partial charge in [-0.15, -0.1) is 0 Å². The van der Waals surface area contributed by atoms with Crippen LogP contribution in [0.3, 0.4) is 0 Å². The molecule has 0 heterocycles. The van der Waals surface area contributed by atoms with Gasteiger partial charge in [0.2, 0.25) is 5.91 Å². The van der Waals surface area contributed by atoms with Crippen LogP contribution >= 0.6 is 0 Å². The number of nitrogens with one attached hydrogen (secondary N) is 2. The van der Waals surface area contributed by atoms with Crippen molar-refractivity contribution in [1.29, 1.82) is 0 Å². The smallest absolute Gasteiger partial charge is 0.408 e. The number of hydrogen-bond donors (Lipinski definition) is 2. The zero-order valence-corrected chi connectivity index (χ0v) is 20.9. The summed E-state index contributed by atoms with van der Waals surface area (Å²) in [5, 5.41) is 6.62. The Bertz CT molecular complexity index is 1250. The number of carbonyl (C=O) groups excluding carboxylic acids is 2. The zero-order valence-electron chi connectivity index (χ0n) is 20.0. The first-order chi connectivity index (χ1) is 17.3. The molecule has 2 atom stereocenters. The number of ether oxygens (including phenoxy) is 1. The molecular weight excluding hydrogens is 476 g/mol. The number of carbonyl (C=O) groups is 2. The minimum atomic E-state index is -3.39. The first-order valence-corrected chi connectivity index (χ1v) is 13.5. The van der Waals surface area contributed by atoms with E-state index in [1.165, 1.54) is 6.08 Å². The first kappa shape index (κ1) is 26.7. The van der Waals surface area contributed by atoms with Crippen LogP contribution in [-0.4, -0.2) is 38.8 Å². The third kappa shape index (κ3) is 9.76. The molecule has 8 heteroatoms. The molecule has 2 N–H and O–H groups in total. The number of amides is 2. The molecular formula is C28H30N2O5S. The Labute approximate surface area is 212 Å². The van der Waals surface area contributed by atoms with Crippen LogP contribution in [0.25, 0.3) is 0 Å². The second-order valence-electron chi connectivity index (χ2n) is 8.41. The molecule has 0 aliphatic heterocycles. The second kappa shape index (κ2) is 13.3. The van der Waals surface area contributed by atoms with Gasteiger partial charge in [0, 0.05) is 18.1 Å². The van der Waals surface area contributed by atoms with Gasteiger partial charge in [0.25, 0.3) is 0 Å². The Hall–Kier alpha value is -3.91. The predicted octanol–water partition coefficient (Wildman–Crippen LogP) is 3.81. The van der Waals surface area contributed by atoms with Gasteiger partial charge in [-0.2, -0.15) is 0 Å². The Morgan fingerprint density at radius 1 is 0.778 bits per heavy atom. The highest BCUT2D eigenvalue weighted by atomic mass is 32.2. The standard InChI is InChI=1S/C28H30N2O5S/c1-36(33,34)18-17-25(19-22-11-5-2-6-12-22)29-27(31)26(20-23-13-7-3-8-14-23)30-28(32)35-21-24-15-9-4-10-16-24/h2-18,25-26H,19-21H2,1H3,(H,29,31)(H,30,32)/b18-17+. The summed E-state index contributed by atoms with van der Waals surface area (Å²) in [6, 6.07) is 26.4. The van der Waals surface area contributed by atoms with Gasteiger partial charge in [-0.25, -0.2) is 13.2 Å². The number of alkyl carbamates (subject to hydrolysis) is 1. The van der Waals surface area contributed by atoms with Gasteiger partial charge in [-0.05, 0) is 23.1 Å². The van der Waals surface area contributed by atoms with Gasteiger partial charge < -0.3 is 15.4 Å². The highest BCUT2D eigenvalue weighted by Crippen LogP contribution is 2.09. The van der Waals surface area contributed by atoms with Crippen molar-refractivity contribution in [2.24, 2.45) is 0 Å².